The van der Waals surface area contributed by atoms with Crippen LogP contribution in [0.5, 0.6) is 5.75 Å². The van der Waals surface area contributed by atoms with Crippen LogP contribution < -0.4 is 10.1 Å². The topological polar surface area (TPSA) is 50.8 Å². The van der Waals surface area contributed by atoms with E-state index in [0.717, 1.165) is 30.7 Å². The van der Waals surface area contributed by atoms with Gasteiger partial charge in [-0.25, -0.2) is 4.79 Å². The minimum atomic E-state index is 0.0129. The second-order valence-corrected chi connectivity index (χ2v) is 5.65. The van der Waals surface area contributed by atoms with Crippen molar-refractivity contribution < 1.29 is 14.3 Å². The van der Waals surface area contributed by atoms with Gasteiger partial charge < -0.3 is 19.7 Å². The largest absolute Gasteiger partial charge is 0.491 e. The molecule has 0 radical (unpaired) electrons. The van der Waals surface area contributed by atoms with Crippen molar-refractivity contribution in [2.45, 2.75) is 38.8 Å². The van der Waals surface area contributed by atoms with E-state index in [9.17, 15) is 4.79 Å². The first kappa shape index (κ1) is 16.6. The Labute approximate surface area is 132 Å². The molecule has 1 aliphatic heterocycles. The Morgan fingerprint density at radius 3 is 2.91 bits per heavy atom. The van der Waals surface area contributed by atoms with Crippen LogP contribution in [0.15, 0.2) is 24.3 Å². The second kappa shape index (κ2) is 8.63. The zero-order chi connectivity index (χ0) is 15.8. The molecule has 122 valence electrons. The summed E-state index contributed by atoms with van der Waals surface area (Å²) in [5.74, 6) is 0.798. The molecule has 0 aliphatic carbocycles. The second-order valence-electron chi connectivity index (χ2n) is 5.65. The van der Waals surface area contributed by atoms with E-state index in [2.05, 4.69) is 12.2 Å². The van der Waals surface area contributed by atoms with Gasteiger partial charge in [0.25, 0.3) is 0 Å². The lowest BCUT2D eigenvalue weighted by molar-refractivity contribution is 0.145. The molecule has 0 spiro atoms. The molecule has 1 unspecified atom stereocenters. The molecule has 1 aliphatic rings. The van der Waals surface area contributed by atoms with E-state index in [0.29, 0.717) is 25.8 Å². The van der Waals surface area contributed by atoms with Gasteiger partial charge in [-0.3, -0.25) is 0 Å². The predicted molar refractivity (Wildman–Crippen MR) is 86.1 cm³/mol. The number of urea groups is 1. The quantitative estimate of drug-likeness (QED) is 0.822. The lowest BCUT2D eigenvalue weighted by Gasteiger charge is -2.33. The molecular formula is C17H26N2O3. The number of piperidine rings is 1. The lowest BCUT2D eigenvalue weighted by atomic mass is 10.0. The van der Waals surface area contributed by atoms with E-state index >= 15 is 0 Å². The van der Waals surface area contributed by atoms with Crippen LogP contribution in [-0.2, 0) is 11.3 Å². The number of hydrogen-bond acceptors (Lipinski definition) is 3. The van der Waals surface area contributed by atoms with Crippen LogP contribution in [-0.4, -0.2) is 43.8 Å². The van der Waals surface area contributed by atoms with Crippen LogP contribution in [0.1, 0.15) is 31.7 Å². The molecule has 5 heteroatoms. The van der Waals surface area contributed by atoms with Gasteiger partial charge in [-0.05, 0) is 32.3 Å². The van der Waals surface area contributed by atoms with E-state index in [-0.39, 0.29) is 6.03 Å². The van der Waals surface area contributed by atoms with Crippen LogP contribution in [0.4, 0.5) is 4.79 Å². The smallest absolute Gasteiger partial charge is 0.317 e. The molecule has 1 aromatic carbocycles. The Kier molecular flexibility index (Phi) is 6.52. The van der Waals surface area contributed by atoms with Gasteiger partial charge in [0.05, 0.1) is 6.61 Å². The van der Waals surface area contributed by atoms with Crippen molar-refractivity contribution in [2.24, 2.45) is 0 Å². The fraction of sp³-hybridized carbons (Fsp3) is 0.588. The van der Waals surface area contributed by atoms with E-state index in [1.54, 1.807) is 7.11 Å². The first-order valence-electron chi connectivity index (χ1n) is 7.96. The molecule has 5 nitrogen and oxygen atoms in total. The van der Waals surface area contributed by atoms with Gasteiger partial charge >= 0.3 is 6.03 Å². The van der Waals surface area contributed by atoms with Crippen molar-refractivity contribution in [3.8, 4) is 5.75 Å². The number of carbonyl (C=O) groups is 1. The van der Waals surface area contributed by atoms with Crippen molar-refractivity contribution in [1.82, 2.24) is 10.2 Å². The highest BCUT2D eigenvalue weighted by Gasteiger charge is 2.22. The minimum absolute atomic E-state index is 0.0129. The molecule has 22 heavy (non-hydrogen) atoms. The number of benzene rings is 1. The standard InChI is InChI=1S/C17H26N2O3/c1-14-7-5-6-10-19(14)17(20)18-13-15-8-3-4-9-16(15)22-12-11-21-2/h3-4,8-9,14H,5-7,10-13H2,1-2H3,(H,18,20). The lowest BCUT2D eigenvalue weighted by Crippen LogP contribution is -2.47. The average Bonchev–Trinajstić information content (AvgIpc) is 2.54. The fourth-order valence-corrected chi connectivity index (χ4v) is 2.70. The molecule has 0 aromatic heterocycles. The van der Waals surface area contributed by atoms with Crippen LogP contribution in [0.3, 0.4) is 0 Å². The van der Waals surface area contributed by atoms with Crippen molar-refractivity contribution in [3.05, 3.63) is 29.8 Å². The Balaban J connectivity index is 1.89. The number of hydrogen-bond donors (Lipinski definition) is 1. The molecule has 0 saturated carbocycles. The van der Waals surface area contributed by atoms with Gasteiger partial charge in [-0.1, -0.05) is 18.2 Å². The summed E-state index contributed by atoms with van der Waals surface area (Å²) in [6.45, 7) is 4.49. The van der Waals surface area contributed by atoms with Crippen molar-refractivity contribution in [1.29, 1.82) is 0 Å². The van der Waals surface area contributed by atoms with Crippen molar-refractivity contribution in [2.75, 3.05) is 26.9 Å². The maximum absolute atomic E-state index is 12.3. The van der Waals surface area contributed by atoms with E-state index in [4.69, 9.17) is 9.47 Å². The number of carbonyl (C=O) groups excluding carboxylic acids is 1. The van der Waals surface area contributed by atoms with Crippen molar-refractivity contribution >= 4 is 6.03 Å². The zero-order valence-corrected chi connectivity index (χ0v) is 13.5. The molecule has 1 N–H and O–H groups in total. The molecule has 2 amide bonds. The number of nitrogens with one attached hydrogen (secondary N) is 1. The van der Waals surface area contributed by atoms with E-state index in [1.807, 2.05) is 29.2 Å². The first-order chi connectivity index (χ1) is 10.7. The van der Waals surface area contributed by atoms with Crippen LogP contribution >= 0.6 is 0 Å². The number of likely N-dealkylation sites (tertiary alicyclic amines) is 1. The summed E-state index contributed by atoms with van der Waals surface area (Å²) in [6, 6.07) is 8.11. The third kappa shape index (κ3) is 4.63. The van der Waals surface area contributed by atoms with Crippen LogP contribution in [0, 0.1) is 0 Å². The summed E-state index contributed by atoms with van der Waals surface area (Å²) in [5.41, 5.74) is 0.983. The van der Waals surface area contributed by atoms with E-state index < -0.39 is 0 Å². The monoisotopic (exact) mass is 306 g/mol. The molecular weight excluding hydrogens is 280 g/mol. The van der Waals surface area contributed by atoms with Gasteiger partial charge in [-0.2, -0.15) is 0 Å². The van der Waals surface area contributed by atoms with Gasteiger partial charge in [0, 0.05) is 31.8 Å². The summed E-state index contributed by atoms with van der Waals surface area (Å²) < 4.78 is 10.7. The summed E-state index contributed by atoms with van der Waals surface area (Å²) >= 11 is 0. The highest BCUT2D eigenvalue weighted by molar-refractivity contribution is 5.74. The SMILES string of the molecule is COCCOc1ccccc1CNC(=O)N1CCCCC1C. The van der Waals surface area contributed by atoms with Gasteiger partial charge in [0.2, 0.25) is 0 Å². The summed E-state index contributed by atoms with van der Waals surface area (Å²) in [4.78, 5) is 14.2. The Morgan fingerprint density at radius 1 is 1.32 bits per heavy atom. The molecule has 1 saturated heterocycles. The van der Waals surface area contributed by atoms with Crippen LogP contribution in [0.2, 0.25) is 0 Å². The Morgan fingerprint density at radius 2 is 2.14 bits per heavy atom. The maximum Gasteiger partial charge on any atom is 0.317 e. The molecule has 1 aromatic rings. The number of rotatable bonds is 6. The summed E-state index contributed by atoms with van der Waals surface area (Å²) in [6.07, 6.45) is 3.39. The fourth-order valence-electron chi connectivity index (χ4n) is 2.70. The zero-order valence-electron chi connectivity index (χ0n) is 13.5. The highest BCUT2D eigenvalue weighted by atomic mass is 16.5. The van der Waals surface area contributed by atoms with Gasteiger partial charge in [0.1, 0.15) is 12.4 Å². The first-order valence-corrected chi connectivity index (χ1v) is 7.96. The average molecular weight is 306 g/mol. The van der Waals surface area contributed by atoms with Crippen LogP contribution in [0.25, 0.3) is 0 Å². The Hall–Kier alpha value is -1.75. The van der Waals surface area contributed by atoms with Crippen molar-refractivity contribution in [3.63, 3.8) is 0 Å². The van der Waals surface area contributed by atoms with Gasteiger partial charge in [0.15, 0.2) is 0 Å². The van der Waals surface area contributed by atoms with Gasteiger partial charge in [-0.15, -0.1) is 0 Å². The number of ether oxygens (including phenoxy) is 2. The Bertz CT molecular complexity index is 479. The molecule has 1 atom stereocenters. The summed E-state index contributed by atoms with van der Waals surface area (Å²) in [7, 11) is 1.65. The highest BCUT2D eigenvalue weighted by Crippen LogP contribution is 2.19. The van der Waals surface area contributed by atoms with E-state index in [1.165, 1.54) is 6.42 Å². The molecule has 0 bridgehead atoms. The number of amides is 2. The normalized spacial score (nSPS) is 18.1. The number of para-hydroxylation sites is 1. The number of methoxy groups -OCH3 is 1. The predicted octanol–water partition coefficient (Wildman–Crippen LogP) is 2.80. The maximum atomic E-state index is 12.3. The number of nitrogens with zero attached hydrogens (tertiary/aromatic N) is 1. The minimum Gasteiger partial charge on any atom is -0.491 e. The molecule has 2 rings (SSSR count). The third-order valence-corrected chi connectivity index (χ3v) is 4.01. The molecule has 1 heterocycles. The molecule has 1 fully saturated rings. The third-order valence-electron chi connectivity index (χ3n) is 4.01. The summed E-state index contributed by atoms with van der Waals surface area (Å²) in [5, 5.41) is 3.01.